The normalized spacial score (nSPS) is 15.1. The van der Waals surface area contributed by atoms with E-state index in [2.05, 4.69) is 36.2 Å². The highest BCUT2D eigenvalue weighted by molar-refractivity contribution is 9.10. The molecule has 0 amide bonds. The second-order valence-electron chi connectivity index (χ2n) is 9.89. The Morgan fingerprint density at radius 1 is 1.10 bits per heavy atom. The van der Waals surface area contributed by atoms with Gasteiger partial charge in [-0.1, -0.05) is 13.0 Å². The summed E-state index contributed by atoms with van der Waals surface area (Å²) < 4.78 is 91.5. The fourth-order valence-electron chi connectivity index (χ4n) is 4.18. The van der Waals surface area contributed by atoms with Crippen molar-refractivity contribution >= 4 is 50.1 Å². The summed E-state index contributed by atoms with van der Waals surface area (Å²) in [6, 6.07) is 10.7. The maximum absolute atomic E-state index is 15.9. The Labute approximate surface area is 275 Å². The Bertz CT molecular complexity index is 1710. The first-order valence-corrected chi connectivity index (χ1v) is 14.5. The topological polar surface area (TPSA) is 173 Å². The number of aromatic amines is 1. The van der Waals surface area contributed by atoms with Crippen LogP contribution in [-0.4, -0.2) is 68.8 Å². The third-order valence-corrected chi connectivity index (χ3v) is 6.86. The van der Waals surface area contributed by atoms with Gasteiger partial charge in [0.05, 0.1) is 19.4 Å². The van der Waals surface area contributed by atoms with Crippen molar-refractivity contribution in [3.05, 3.63) is 76.2 Å². The molecule has 260 valence electrons. The summed E-state index contributed by atoms with van der Waals surface area (Å²) in [6.07, 6.45) is -5.51. The number of carbonyl (C=O) groups is 2. The molecular formula is C29H27BrF7N5O6. The molecule has 1 aliphatic heterocycles. The lowest BCUT2D eigenvalue weighted by molar-refractivity contribution is -0.193. The summed E-state index contributed by atoms with van der Waals surface area (Å²) in [4.78, 5) is 29.6. The molecule has 2 atom stereocenters. The van der Waals surface area contributed by atoms with Crippen molar-refractivity contribution in [3.63, 3.8) is 0 Å². The summed E-state index contributed by atoms with van der Waals surface area (Å²) in [5.41, 5.74) is 8.22. The lowest BCUT2D eigenvalue weighted by Crippen LogP contribution is -2.21. The minimum Gasteiger partial charge on any atom is -0.485 e. The molecule has 1 fully saturated rings. The third kappa shape index (κ3) is 10.4. The molecule has 0 spiro atoms. The number of fused-ring (bicyclic) bond motifs is 1. The standard InChI is InChI=1S/C25H25BrFN5O2.2C2HF3O2/c1-2-14-9-19(22(27)20(10-14)34-17-6-8-33-13-17)23(25-30-12-21(26)32-25)31-16-3-4-18-15(11-16)5-7-29-24(18)28;2*3-2(4,5)1(6)7/h3-5,7,9-12,17,23,31H,2,6,8,13H2,1H3,(H2,28,29)(H,30,32);2*(H,6,7)/t17-,23?;;/m1../s1. The fourth-order valence-corrected chi connectivity index (χ4v) is 4.48. The Hall–Kier alpha value is -4.65. The number of benzene rings is 2. The maximum Gasteiger partial charge on any atom is 0.490 e. The average molecular weight is 754 g/mol. The number of carboxylic acid groups (broad SMARTS) is 2. The number of alkyl halides is 6. The summed E-state index contributed by atoms with van der Waals surface area (Å²) in [5.74, 6) is -4.65. The number of nitrogens with zero attached hydrogens (tertiary/aromatic N) is 2. The van der Waals surface area contributed by atoms with E-state index in [1.54, 1.807) is 18.5 Å². The highest BCUT2D eigenvalue weighted by atomic mass is 79.9. The highest BCUT2D eigenvalue weighted by Gasteiger charge is 2.39. The van der Waals surface area contributed by atoms with Gasteiger partial charge < -0.3 is 35.7 Å². The van der Waals surface area contributed by atoms with Crippen LogP contribution in [0.25, 0.3) is 10.8 Å². The Kier molecular flexibility index (Phi) is 12.6. The number of nitrogens with one attached hydrogen (secondary N) is 2. The number of carboxylic acids is 2. The van der Waals surface area contributed by atoms with Crippen LogP contribution in [0.4, 0.5) is 42.2 Å². The van der Waals surface area contributed by atoms with E-state index in [4.69, 9.17) is 35.0 Å². The molecule has 3 heterocycles. The summed E-state index contributed by atoms with van der Waals surface area (Å²) in [5, 5.41) is 19.5. The summed E-state index contributed by atoms with van der Waals surface area (Å²) in [7, 11) is 0. The minimum atomic E-state index is -5.08. The quantitative estimate of drug-likeness (QED) is 0.129. The molecule has 11 nitrogen and oxygen atoms in total. The van der Waals surface area contributed by atoms with E-state index in [9.17, 15) is 26.3 Å². The van der Waals surface area contributed by atoms with Crippen LogP contribution in [0.1, 0.15) is 36.3 Å². The first-order chi connectivity index (χ1) is 22.4. The maximum atomic E-state index is 15.9. The van der Waals surface area contributed by atoms with Gasteiger partial charge in [0.25, 0.3) is 0 Å². The zero-order chi connectivity index (χ0) is 35.8. The largest absolute Gasteiger partial charge is 0.490 e. The third-order valence-electron chi connectivity index (χ3n) is 6.46. The number of imidazole rings is 1. The smallest absolute Gasteiger partial charge is 0.485 e. The van der Waals surface area contributed by atoms with E-state index in [0.29, 0.717) is 35.0 Å². The minimum absolute atomic E-state index is 0.154. The number of H-pyrrole nitrogens is 1. The molecule has 1 aliphatic rings. The molecule has 5 rings (SSSR count). The zero-order valence-corrected chi connectivity index (χ0v) is 26.2. The van der Waals surface area contributed by atoms with Crippen LogP contribution in [0.5, 0.6) is 5.75 Å². The number of anilines is 2. The molecule has 1 saturated heterocycles. The monoisotopic (exact) mass is 753 g/mol. The number of aromatic nitrogens is 3. The molecule has 48 heavy (non-hydrogen) atoms. The van der Waals surface area contributed by atoms with Gasteiger partial charge in [-0.2, -0.15) is 26.3 Å². The van der Waals surface area contributed by atoms with E-state index >= 15 is 4.39 Å². The lowest BCUT2D eigenvalue weighted by Gasteiger charge is -2.22. The van der Waals surface area contributed by atoms with Crippen molar-refractivity contribution in [1.82, 2.24) is 15.0 Å². The molecule has 0 bridgehead atoms. The predicted octanol–water partition coefficient (Wildman–Crippen LogP) is 6.64. The van der Waals surface area contributed by atoms with Crippen LogP contribution >= 0.6 is 15.9 Å². The predicted molar refractivity (Wildman–Crippen MR) is 161 cm³/mol. The number of ether oxygens (including phenoxy) is 2. The molecule has 0 radical (unpaired) electrons. The highest BCUT2D eigenvalue weighted by Crippen LogP contribution is 2.35. The van der Waals surface area contributed by atoms with E-state index in [1.165, 1.54) is 0 Å². The Balaban J connectivity index is 0.000000376. The molecule has 2 aromatic heterocycles. The van der Waals surface area contributed by atoms with Crippen molar-refractivity contribution in [1.29, 1.82) is 0 Å². The first kappa shape index (κ1) is 37.8. The van der Waals surface area contributed by atoms with Crippen molar-refractivity contribution in [2.45, 2.75) is 44.3 Å². The van der Waals surface area contributed by atoms with Crippen LogP contribution in [-0.2, 0) is 20.7 Å². The van der Waals surface area contributed by atoms with Crippen molar-refractivity contribution in [3.8, 4) is 5.75 Å². The number of aliphatic carboxylic acids is 2. The molecule has 6 N–H and O–H groups in total. The van der Waals surface area contributed by atoms with Crippen LogP contribution in [0, 0.1) is 5.82 Å². The van der Waals surface area contributed by atoms with Crippen LogP contribution in [0.2, 0.25) is 0 Å². The molecule has 0 aliphatic carbocycles. The van der Waals surface area contributed by atoms with Gasteiger partial charge in [0.15, 0.2) is 11.6 Å². The molecule has 0 saturated carbocycles. The second-order valence-corrected chi connectivity index (χ2v) is 10.7. The number of nitrogen functional groups attached to an aromatic ring is 1. The number of rotatable bonds is 7. The number of nitrogens with two attached hydrogens (primary N) is 1. The number of aryl methyl sites for hydroxylation is 1. The molecule has 2 aromatic carbocycles. The van der Waals surface area contributed by atoms with Crippen LogP contribution < -0.4 is 15.8 Å². The van der Waals surface area contributed by atoms with E-state index in [0.717, 1.165) is 34.9 Å². The van der Waals surface area contributed by atoms with Crippen LogP contribution in [0.3, 0.4) is 0 Å². The average Bonchev–Trinajstić information content (AvgIpc) is 3.68. The van der Waals surface area contributed by atoms with E-state index < -0.39 is 36.2 Å². The van der Waals surface area contributed by atoms with E-state index in [-0.39, 0.29) is 11.9 Å². The second kappa shape index (κ2) is 16.0. The van der Waals surface area contributed by atoms with Gasteiger partial charge in [-0.15, -0.1) is 0 Å². The summed E-state index contributed by atoms with van der Waals surface area (Å²) in [6.45, 7) is 3.12. The Morgan fingerprint density at radius 2 is 1.75 bits per heavy atom. The zero-order valence-electron chi connectivity index (χ0n) is 24.6. The summed E-state index contributed by atoms with van der Waals surface area (Å²) >= 11 is 3.42. The Morgan fingerprint density at radius 3 is 2.27 bits per heavy atom. The van der Waals surface area contributed by atoms with Gasteiger partial charge in [-0.25, -0.2) is 23.9 Å². The van der Waals surface area contributed by atoms with Gasteiger partial charge >= 0.3 is 24.3 Å². The van der Waals surface area contributed by atoms with Gasteiger partial charge in [0.1, 0.15) is 28.4 Å². The number of halogens is 8. The van der Waals surface area contributed by atoms with Gasteiger partial charge in [0, 0.05) is 29.3 Å². The van der Waals surface area contributed by atoms with Gasteiger partial charge in [-0.05, 0) is 63.6 Å². The number of hydrogen-bond donors (Lipinski definition) is 5. The molecule has 1 unspecified atom stereocenters. The number of hydrogen-bond acceptors (Lipinski definition) is 8. The van der Waals surface area contributed by atoms with Crippen molar-refractivity contribution in [2.75, 3.05) is 24.3 Å². The SMILES string of the molecule is CCc1cc(O[C@@H]2CCOC2)c(F)c(C(Nc2ccc3c(N)nccc3c2)c2ncc(Br)[nH]2)c1.O=C(O)C(F)(F)F.O=C(O)C(F)(F)F. The van der Waals surface area contributed by atoms with Gasteiger partial charge in [0.2, 0.25) is 0 Å². The number of pyridine rings is 1. The first-order valence-electron chi connectivity index (χ1n) is 13.7. The fraction of sp³-hybridized carbons (Fsp3) is 0.310. The van der Waals surface area contributed by atoms with Gasteiger partial charge in [-0.3, -0.25) is 0 Å². The van der Waals surface area contributed by atoms with Crippen molar-refractivity contribution in [2.24, 2.45) is 0 Å². The van der Waals surface area contributed by atoms with E-state index in [1.807, 2.05) is 37.3 Å². The lowest BCUT2D eigenvalue weighted by atomic mass is 9.99. The van der Waals surface area contributed by atoms with Crippen molar-refractivity contribution < 1.29 is 60.0 Å². The molecular weight excluding hydrogens is 727 g/mol. The van der Waals surface area contributed by atoms with Crippen LogP contribution in [0.15, 0.2) is 53.4 Å². The molecule has 4 aromatic rings. The molecule has 19 heteroatoms.